The molecule has 0 aliphatic carbocycles. The average Bonchev–Trinajstić information content (AvgIpc) is 3.13. The molecule has 0 spiro atoms. The number of carbonyl (C=O) groups excluding carboxylic acids is 2. The second-order valence-corrected chi connectivity index (χ2v) is 8.01. The van der Waals surface area contributed by atoms with Crippen LogP contribution in [0.25, 0.3) is 0 Å². The molecule has 0 aliphatic rings. The van der Waals surface area contributed by atoms with Gasteiger partial charge in [0.15, 0.2) is 0 Å². The maximum Gasteiger partial charge on any atom is 0.254 e. The molecule has 7 nitrogen and oxygen atoms in total. The predicted octanol–water partition coefficient (Wildman–Crippen LogP) is 4.19. The van der Waals surface area contributed by atoms with Crippen molar-refractivity contribution in [1.82, 2.24) is 15.5 Å². The zero-order valence-corrected chi connectivity index (χ0v) is 18.0. The molecule has 0 bridgehead atoms. The summed E-state index contributed by atoms with van der Waals surface area (Å²) in [5, 5.41) is 10.1. The van der Waals surface area contributed by atoms with E-state index in [-0.39, 0.29) is 24.8 Å². The second kappa shape index (κ2) is 10.2. The van der Waals surface area contributed by atoms with Crippen molar-refractivity contribution in [2.24, 2.45) is 0 Å². The minimum absolute atomic E-state index is 0.169. The number of benzene rings is 1. The van der Waals surface area contributed by atoms with Crippen molar-refractivity contribution in [1.29, 1.82) is 0 Å². The van der Waals surface area contributed by atoms with Gasteiger partial charge in [0.05, 0.1) is 11.3 Å². The summed E-state index contributed by atoms with van der Waals surface area (Å²) in [6, 6.07) is 12.6. The number of nitrogens with zero attached hydrogens (tertiary/aromatic N) is 2. The van der Waals surface area contributed by atoms with Gasteiger partial charge in [-0.25, -0.2) is 4.98 Å². The quantitative estimate of drug-likeness (QED) is 0.475. The summed E-state index contributed by atoms with van der Waals surface area (Å²) < 4.78 is 5.99. The fraction of sp³-hybridized carbons (Fsp3) is 0.200. The number of anilines is 1. The fourth-order valence-electron chi connectivity index (χ4n) is 2.45. The van der Waals surface area contributed by atoms with Crippen molar-refractivity contribution >= 4 is 45.2 Å². The number of hydrogen-bond acceptors (Lipinski definition) is 6. The largest absolute Gasteiger partial charge is 0.361 e. The number of aryl methyl sites for hydroxylation is 1. The maximum atomic E-state index is 12.5. The van der Waals surface area contributed by atoms with Crippen LogP contribution in [-0.4, -0.2) is 28.5 Å². The molecule has 0 saturated heterocycles. The van der Waals surface area contributed by atoms with E-state index in [4.69, 9.17) is 4.52 Å². The van der Waals surface area contributed by atoms with Crippen molar-refractivity contribution in [3.8, 4) is 0 Å². The highest BCUT2D eigenvalue weighted by Gasteiger charge is 2.14. The van der Waals surface area contributed by atoms with E-state index in [0.717, 1.165) is 15.9 Å². The number of amides is 2. The molecule has 2 amide bonds. The summed E-state index contributed by atoms with van der Waals surface area (Å²) in [6.45, 7) is 2.05. The lowest BCUT2D eigenvalue weighted by Crippen LogP contribution is -2.28. The molecule has 0 saturated carbocycles. The Hall–Kier alpha value is -2.65. The third-order valence-electron chi connectivity index (χ3n) is 3.81. The van der Waals surface area contributed by atoms with Gasteiger partial charge in [-0.15, -0.1) is 0 Å². The highest BCUT2D eigenvalue weighted by molar-refractivity contribution is 9.10. The van der Waals surface area contributed by atoms with Crippen LogP contribution >= 0.6 is 27.7 Å². The number of rotatable bonds is 8. The molecular weight excluding hydrogens is 456 g/mol. The Bertz CT molecular complexity index is 991. The number of aromatic nitrogens is 2. The Morgan fingerprint density at radius 2 is 2.00 bits per heavy atom. The molecule has 3 rings (SSSR count). The number of halogens is 1. The lowest BCUT2D eigenvalue weighted by Gasteiger charge is -2.09. The molecule has 2 heterocycles. The van der Waals surface area contributed by atoms with Gasteiger partial charge in [0.1, 0.15) is 10.8 Å². The molecule has 3 aromatic rings. The normalized spacial score (nSPS) is 10.6. The number of thioether (sulfide) groups is 1. The smallest absolute Gasteiger partial charge is 0.254 e. The molecular formula is C20H19BrN4O3S. The van der Waals surface area contributed by atoms with Crippen LogP contribution in [0.15, 0.2) is 62.7 Å². The molecule has 0 fully saturated rings. The van der Waals surface area contributed by atoms with Crippen LogP contribution in [0.4, 0.5) is 5.69 Å². The molecule has 0 aliphatic heterocycles. The molecule has 0 radical (unpaired) electrons. The van der Waals surface area contributed by atoms with Gasteiger partial charge in [-0.1, -0.05) is 32.8 Å². The van der Waals surface area contributed by atoms with Crippen LogP contribution in [-0.2, 0) is 10.5 Å². The summed E-state index contributed by atoms with van der Waals surface area (Å²) in [5.74, 6) is 0.841. The van der Waals surface area contributed by atoms with Crippen LogP contribution in [0.3, 0.4) is 0 Å². The van der Waals surface area contributed by atoms with E-state index >= 15 is 0 Å². The standard InChI is InChI=1S/C20H19BrN4O3S/c1-13-11-16(25-28-13)12-29-20-17(3-2-9-23-20)19(27)22-10-8-18(26)24-15-6-4-14(21)5-7-15/h2-7,9,11H,8,10,12H2,1H3,(H,22,27)(H,24,26). The zero-order chi connectivity index (χ0) is 20.6. The second-order valence-electron chi connectivity index (χ2n) is 6.13. The third-order valence-corrected chi connectivity index (χ3v) is 5.38. The Labute approximate surface area is 180 Å². The lowest BCUT2D eigenvalue weighted by atomic mass is 10.2. The SMILES string of the molecule is Cc1cc(CSc2ncccc2C(=O)NCCC(=O)Nc2ccc(Br)cc2)no1. The third kappa shape index (κ3) is 6.43. The van der Waals surface area contributed by atoms with E-state index in [0.29, 0.717) is 22.0 Å². The summed E-state index contributed by atoms with van der Waals surface area (Å²) in [4.78, 5) is 28.8. The van der Waals surface area contributed by atoms with E-state index < -0.39 is 0 Å². The first-order chi connectivity index (χ1) is 14.0. The first-order valence-corrected chi connectivity index (χ1v) is 10.6. The summed E-state index contributed by atoms with van der Waals surface area (Å²) >= 11 is 4.75. The molecule has 9 heteroatoms. The van der Waals surface area contributed by atoms with Crippen LogP contribution in [0.2, 0.25) is 0 Å². The average molecular weight is 475 g/mol. The Kier molecular flexibility index (Phi) is 7.42. The lowest BCUT2D eigenvalue weighted by molar-refractivity contribution is -0.116. The van der Waals surface area contributed by atoms with Gasteiger partial charge >= 0.3 is 0 Å². The van der Waals surface area contributed by atoms with Gasteiger partial charge in [0.25, 0.3) is 5.91 Å². The number of pyridine rings is 1. The van der Waals surface area contributed by atoms with E-state index in [9.17, 15) is 9.59 Å². The van der Waals surface area contributed by atoms with Crippen LogP contribution in [0, 0.1) is 6.92 Å². The first-order valence-electron chi connectivity index (χ1n) is 8.85. The minimum atomic E-state index is -0.270. The molecule has 1 aromatic carbocycles. The van der Waals surface area contributed by atoms with Crippen LogP contribution in [0.5, 0.6) is 0 Å². The van der Waals surface area contributed by atoms with E-state index in [1.807, 2.05) is 25.1 Å². The van der Waals surface area contributed by atoms with Gasteiger partial charge in [-0.05, 0) is 43.3 Å². The number of hydrogen-bond donors (Lipinski definition) is 2. The van der Waals surface area contributed by atoms with Crippen molar-refractivity contribution < 1.29 is 14.1 Å². The van der Waals surface area contributed by atoms with Crippen molar-refractivity contribution in [3.05, 3.63) is 70.2 Å². The Morgan fingerprint density at radius 1 is 1.21 bits per heavy atom. The highest BCUT2D eigenvalue weighted by Crippen LogP contribution is 2.24. The van der Waals surface area contributed by atoms with Crippen molar-refractivity contribution in [2.45, 2.75) is 24.1 Å². The van der Waals surface area contributed by atoms with E-state index in [1.165, 1.54) is 11.8 Å². The van der Waals surface area contributed by atoms with Crippen LogP contribution < -0.4 is 10.6 Å². The molecule has 2 aromatic heterocycles. The summed E-state index contributed by atoms with van der Waals surface area (Å²) in [5.41, 5.74) is 1.96. The van der Waals surface area contributed by atoms with Gasteiger partial charge in [-0.2, -0.15) is 0 Å². The highest BCUT2D eigenvalue weighted by atomic mass is 79.9. The zero-order valence-electron chi connectivity index (χ0n) is 15.6. The number of carbonyl (C=O) groups is 2. The van der Waals surface area contributed by atoms with E-state index in [2.05, 4.69) is 36.7 Å². The summed E-state index contributed by atoms with van der Waals surface area (Å²) in [7, 11) is 0. The monoisotopic (exact) mass is 474 g/mol. The fourth-order valence-corrected chi connectivity index (χ4v) is 3.59. The molecule has 0 atom stereocenters. The van der Waals surface area contributed by atoms with Gasteiger partial charge < -0.3 is 15.2 Å². The Balaban J connectivity index is 1.50. The topological polar surface area (TPSA) is 97.1 Å². The molecule has 29 heavy (non-hydrogen) atoms. The van der Waals surface area contributed by atoms with Crippen molar-refractivity contribution in [2.75, 3.05) is 11.9 Å². The maximum absolute atomic E-state index is 12.5. The summed E-state index contributed by atoms with van der Waals surface area (Å²) in [6.07, 6.45) is 1.81. The van der Waals surface area contributed by atoms with E-state index in [1.54, 1.807) is 30.5 Å². The van der Waals surface area contributed by atoms with Gasteiger partial charge in [0, 0.05) is 41.1 Å². The van der Waals surface area contributed by atoms with Crippen molar-refractivity contribution in [3.63, 3.8) is 0 Å². The first kappa shape index (κ1) is 21.1. The number of nitrogens with one attached hydrogen (secondary N) is 2. The van der Waals surface area contributed by atoms with Crippen LogP contribution in [0.1, 0.15) is 28.2 Å². The predicted molar refractivity (Wildman–Crippen MR) is 115 cm³/mol. The molecule has 150 valence electrons. The molecule has 2 N–H and O–H groups in total. The van der Waals surface area contributed by atoms with Gasteiger partial charge in [-0.3, -0.25) is 9.59 Å². The Morgan fingerprint density at radius 3 is 2.72 bits per heavy atom. The molecule has 0 unspecified atom stereocenters. The minimum Gasteiger partial charge on any atom is -0.361 e. The van der Waals surface area contributed by atoms with Gasteiger partial charge in [0.2, 0.25) is 5.91 Å².